The van der Waals surface area contributed by atoms with E-state index < -0.39 is 15.7 Å². The Morgan fingerprint density at radius 2 is 1.89 bits per heavy atom. The summed E-state index contributed by atoms with van der Waals surface area (Å²) in [6.07, 6.45) is 0. The van der Waals surface area contributed by atoms with Crippen molar-refractivity contribution in [3.63, 3.8) is 0 Å². The van der Waals surface area contributed by atoms with Gasteiger partial charge in [0.1, 0.15) is 5.82 Å². The summed E-state index contributed by atoms with van der Waals surface area (Å²) in [5, 5.41) is 0. The van der Waals surface area contributed by atoms with Crippen LogP contribution in [0.25, 0.3) is 0 Å². The average Bonchev–Trinajstić information content (AvgIpc) is 2.33. The summed E-state index contributed by atoms with van der Waals surface area (Å²) in [6.45, 7) is 1.83. The zero-order chi connectivity index (χ0) is 14.0. The SMILES string of the molecule is Cc1cccc(S(=O)(=O)Cc2ccc(Br)c(F)c2)c1. The number of benzene rings is 2. The minimum atomic E-state index is -3.45. The van der Waals surface area contributed by atoms with Gasteiger partial charge in [-0.3, -0.25) is 0 Å². The van der Waals surface area contributed by atoms with Gasteiger partial charge < -0.3 is 0 Å². The van der Waals surface area contributed by atoms with Crippen molar-refractivity contribution in [3.05, 3.63) is 63.9 Å². The Labute approximate surface area is 120 Å². The zero-order valence-corrected chi connectivity index (χ0v) is 12.6. The molecule has 0 aliphatic rings. The Kier molecular flexibility index (Phi) is 4.06. The van der Waals surface area contributed by atoms with Gasteiger partial charge in [0.05, 0.1) is 15.1 Å². The molecule has 0 saturated heterocycles. The Bertz CT molecular complexity index is 711. The summed E-state index contributed by atoms with van der Waals surface area (Å²) in [7, 11) is -3.45. The number of rotatable bonds is 3. The lowest BCUT2D eigenvalue weighted by atomic mass is 10.2. The van der Waals surface area contributed by atoms with Crippen LogP contribution in [0, 0.1) is 12.7 Å². The number of hydrogen-bond donors (Lipinski definition) is 0. The lowest BCUT2D eigenvalue weighted by Gasteiger charge is -2.06. The van der Waals surface area contributed by atoms with Crippen LogP contribution in [0.2, 0.25) is 0 Å². The predicted molar refractivity (Wildman–Crippen MR) is 76.2 cm³/mol. The Morgan fingerprint density at radius 3 is 2.53 bits per heavy atom. The first-order valence-electron chi connectivity index (χ1n) is 5.62. The summed E-state index contributed by atoms with van der Waals surface area (Å²) in [4.78, 5) is 0.260. The van der Waals surface area contributed by atoms with Crippen molar-refractivity contribution in [1.29, 1.82) is 0 Å². The van der Waals surface area contributed by atoms with Crippen LogP contribution in [0.5, 0.6) is 0 Å². The van der Waals surface area contributed by atoms with E-state index in [-0.39, 0.29) is 10.6 Å². The van der Waals surface area contributed by atoms with Gasteiger partial charge >= 0.3 is 0 Å². The molecule has 19 heavy (non-hydrogen) atoms. The highest BCUT2D eigenvalue weighted by molar-refractivity contribution is 9.10. The molecular formula is C14H12BrFO2S. The largest absolute Gasteiger partial charge is 0.223 e. The fourth-order valence-electron chi connectivity index (χ4n) is 1.74. The second kappa shape index (κ2) is 5.43. The standard InChI is InChI=1S/C14H12BrFO2S/c1-10-3-2-4-12(7-10)19(17,18)9-11-5-6-13(15)14(16)8-11/h2-8H,9H2,1H3. The van der Waals surface area contributed by atoms with E-state index in [4.69, 9.17) is 0 Å². The Balaban J connectivity index is 2.33. The molecule has 0 saturated carbocycles. The van der Waals surface area contributed by atoms with Gasteiger partial charge in [-0.1, -0.05) is 18.2 Å². The highest BCUT2D eigenvalue weighted by Crippen LogP contribution is 2.21. The molecule has 2 aromatic carbocycles. The van der Waals surface area contributed by atoms with Crippen molar-refractivity contribution in [2.45, 2.75) is 17.6 Å². The summed E-state index contributed by atoms with van der Waals surface area (Å²) < 4.78 is 38.1. The molecule has 100 valence electrons. The summed E-state index contributed by atoms with van der Waals surface area (Å²) >= 11 is 3.04. The molecular weight excluding hydrogens is 331 g/mol. The molecule has 0 aromatic heterocycles. The first kappa shape index (κ1) is 14.2. The molecule has 0 amide bonds. The van der Waals surface area contributed by atoms with Gasteiger partial charge in [-0.25, -0.2) is 12.8 Å². The highest BCUT2D eigenvalue weighted by Gasteiger charge is 2.16. The second-order valence-corrected chi connectivity index (χ2v) is 7.17. The Morgan fingerprint density at radius 1 is 1.16 bits per heavy atom. The fourth-order valence-corrected chi connectivity index (χ4v) is 3.42. The summed E-state index contributed by atoms with van der Waals surface area (Å²) in [6, 6.07) is 11.0. The number of halogens is 2. The molecule has 2 nitrogen and oxygen atoms in total. The maximum Gasteiger partial charge on any atom is 0.182 e. The Hall–Kier alpha value is -1.20. The van der Waals surface area contributed by atoms with Crippen LogP contribution >= 0.6 is 15.9 Å². The van der Waals surface area contributed by atoms with Gasteiger partial charge in [-0.15, -0.1) is 0 Å². The monoisotopic (exact) mass is 342 g/mol. The molecule has 0 N–H and O–H groups in total. The molecule has 0 fully saturated rings. The fraction of sp³-hybridized carbons (Fsp3) is 0.143. The van der Waals surface area contributed by atoms with Crippen LogP contribution in [0.1, 0.15) is 11.1 Å². The lowest BCUT2D eigenvalue weighted by Crippen LogP contribution is -2.05. The maximum atomic E-state index is 13.4. The van der Waals surface area contributed by atoms with Crippen molar-refractivity contribution in [2.24, 2.45) is 0 Å². The third-order valence-electron chi connectivity index (χ3n) is 2.69. The molecule has 0 spiro atoms. The quantitative estimate of drug-likeness (QED) is 0.848. The third kappa shape index (κ3) is 3.42. The van der Waals surface area contributed by atoms with Crippen molar-refractivity contribution in [1.82, 2.24) is 0 Å². The van der Waals surface area contributed by atoms with Crippen LogP contribution in [-0.2, 0) is 15.6 Å². The van der Waals surface area contributed by atoms with Crippen LogP contribution in [0.15, 0.2) is 51.8 Å². The molecule has 0 heterocycles. The van der Waals surface area contributed by atoms with E-state index in [0.29, 0.717) is 10.0 Å². The van der Waals surface area contributed by atoms with Crippen LogP contribution in [-0.4, -0.2) is 8.42 Å². The van der Waals surface area contributed by atoms with Gasteiger partial charge in [-0.05, 0) is 58.2 Å². The normalized spacial score (nSPS) is 11.5. The molecule has 0 aliphatic carbocycles. The van der Waals surface area contributed by atoms with E-state index in [9.17, 15) is 12.8 Å². The number of sulfone groups is 1. The minimum absolute atomic E-state index is 0.208. The summed E-state index contributed by atoms with van der Waals surface area (Å²) in [5.41, 5.74) is 1.31. The maximum absolute atomic E-state index is 13.4. The van der Waals surface area contributed by atoms with Crippen molar-refractivity contribution in [3.8, 4) is 0 Å². The first-order valence-corrected chi connectivity index (χ1v) is 8.06. The average molecular weight is 343 g/mol. The number of hydrogen-bond acceptors (Lipinski definition) is 2. The van der Waals surface area contributed by atoms with E-state index in [2.05, 4.69) is 15.9 Å². The van der Waals surface area contributed by atoms with E-state index >= 15 is 0 Å². The van der Waals surface area contributed by atoms with Crippen LogP contribution < -0.4 is 0 Å². The smallest absolute Gasteiger partial charge is 0.182 e. The lowest BCUT2D eigenvalue weighted by molar-refractivity contribution is 0.594. The molecule has 0 aliphatic heterocycles. The first-order chi connectivity index (χ1) is 8.88. The molecule has 5 heteroatoms. The third-order valence-corrected chi connectivity index (χ3v) is 5.02. The second-order valence-electron chi connectivity index (χ2n) is 4.32. The zero-order valence-electron chi connectivity index (χ0n) is 10.2. The number of aryl methyl sites for hydroxylation is 1. The molecule has 0 bridgehead atoms. The van der Waals surface area contributed by atoms with Crippen LogP contribution in [0.3, 0.4) is 0 Å². The van der Waals surface area contributed by atoms with Crippen LogP contribution in [0.4, 0.5) is 4.39 Å². The van der Waals surface area contributed by atoms with Gasteiger partial charge in [0.2, 0.25) is 0 Å². The predicted octanol–water partition coefficient (Wildman–Crippen LogP) is 3.87. The van der Waals surface area contributed by atoms with E-state index in [1.807, 2.05) is 13.0 Å². The van der Waals surface area contributed by atoms with Crippen molar-refractivity contribution in [2.75, 3.05) is 0 Å². The molecule has 2 aromatic rings. The highest BCUT2D eigenvalue weighted by atomic mass is 79.9. The topological polar surface area (TPSA) is 34.1 Å². The van der Waals surface area contributed by atoms with E-state index in [1.54, 1.807) is 24.3 Å². The minimum Gasteiger partial charge on any atom is -0.223 e. The van der Waals surface area contributed by atoms with Gasteiger partial charge in [0.15, 0.2) is 9.84 Å². The molecule has 0 atom stereocenters. The van der Waals surface area contributed by atoms with Gasteiger partial charge in [0, 0.05) is 0 Å². The van der Waals surface area contributed by atoms with Crippen molar-refractivity contribution < 1.29 is 12.8 Å². The molecule has 0 unspecified atom stereocenters. The molecule has 2 rings (SSSR count). The van der Waals surface area contributed by atoms with Crippen molar-refractivity contribution >= 4 is 25.8 Å². The van der Waals surface area contributed by atoms with E-state index in [0.717, 1.165) is 5.56 Å². The van der Waals surface area contributed by atoms with Gasteiger partial charge in [0.25, 0.3) is 0 Å². The van der Waals surface area contributed by atoms with E-state index in [1.165, 1.54) is 12.1 Å². The summed E-state index contributed by atoms with van der Waals surface area (Å²) in [5.74, 6) is -0.669. The molecule has 0 radical (unpaired) electrons. The van der Waals surface area contributed by atoms with Gasteiger partial charge in [-0.2, -0.15) is 0 Å².